The summed E-state index contributed by atoms with van der Waals surface area (Å²) in [6, 6.07) is 1.41. The molecule has 1 aliphatic rings. The first-order chi connectivity index (χ1) is 7.09. The average Bonchev–Trinajstić information content (AvgIpc) is 2.93. The van der Waals surface area contributed by atoms with Crippen molar-refractivity contribution in [3.8, 4) is 0 Å². The first-order valence-electron chi connectivity index (χ1n) is 5.05. The quantitative estimate of drug-likeness (QED) is 0.741. The van der Waals surface area contributed by atoms with Crippen molar-refractivity contribution < 1.29 is 14.7 Å². The van der Waals surface area contributed by atoms with Crippen LogP contribution < -0.4 is 0 Å². The molecular formula is C11H13NO3. The predicted octanol–water partition coefficient (Wildman–Crippen LogP) is 1.94. The molecule has 1 heterocycles. The predicted molar refractivity (Wildman–Crippen MR) is 54.0 cm³/mol. The van der Waals surface area contributed by atoms with Crippen molar-refractivity contribution in [2.24, 2.45) is 11.8 Å². The molecular weight excluding hydrogens is 194 g/mol. The molecule has 1 aliphatic carbocycles. The van der Waals surface area contributed by atoms with Gasteiger partial charge < -0.3 is 10.1 Å². The molecule has 0 radical (unpaired) electrons. The van der Waals surface area contributed by atoms with Gasteiger partial charge in [0.15, 0.2) is 5.78 Å². The van der Waals surface area contributed by atoms with E-state index in [1.54, 1.807) is 0 Å². The fourth-order valence-electron chi connectivity index (χ4n) is 1.73. The van der Waals surface area contributed by atoms with Crippen LogP contribution in [0.3, 0.4) is 0 Å². The number of H-pyrrole nitrogens is 1. The number of Topliss-reactive ketones (excluding diaryl/α,β-unsaturated/α-hetero) is 1. The number of rotatable bonds is 4. The number of carbonyl (C=O) groups excluding carboxylic acids is 1. The summed E-state index contributed by atoms with van der Waals surface area (Å²) in [5.74, 6) is -0.475. The van der Waals surface area contributed by atoms with E-state index in [2.05, 4.69) is 4.98 Å². The van der Waals surface area contributed by atoms with Crippen LogP contribution in [-0.2, 0) is 0 Å². The average molecular weight is 207 g/mol. The molecule has 0 aliphatic heterocycles. The van der Waals surface area contributed by atoms with Crippen LogP contribution in [0.5, 0.6) is 0 Å². The first-order valence-corrected chi connectivity index (χ1v) is 5.05. The number of aromatic amines is 1. The van der Waals surface area contributed by atoms with E-state index in [9.17, 15) is 9.59 Å². The Bertz CT molecular complexity index is 404. The number of nitrogens with one attached hydrogen (secondary N) is 1. The van der Waals surface area contributed by atoms with Gasteiger partial charge in [-0.1, -0.05) is 6.92 Å². The van der Waals surface area contributed by atoms with Gasteiger partial charge in [-0.15, -0.1) is 0 Å². The van der Waals surface area contributed by atoms with E-state index >= 15 is 0 Å². The fraction of sp³-hybridized carbons (Fsp3) is 0.455. The monoisotopic (exact) mass is 207 g/mol. The summed E-state index contributed by atoms with van der Waals surface area (Å²) >= 11 is 0. The maximum atomic E-state index is 11.8. The van der Waals surface area contributed by atoms with Gasteiger partial charge in [0, 0.05) is 17.7 Å². The zero-order valence-corrected chi connectivity index (χ0v) is 8.49. The molecule has 1 aromatic heterocycles. The molecule has 1 unspecified atom stereocenters. The van der Waals surface area contributed by atoms with Crippen molar-refractivity contribution in [2.75, 3.05) is 0 Å². The van der Waals surface area contributed by atoms with E-state index < -0.39 is 5.97 Å². The lowest BCUT2D eigenvalue weighted by Gasteiger charge is -2.05. The van der Waals surface area contributed by atoms with Gasteiger partial charge in [0.05, 0.1) is 0 Å². The Labute approximate surface area is 87.3 Å². The highest BCUT2D eigenvalue weighted by Crippen LogP contribution is 2.38. The Morgan fingerprint density at radius 1 is 1.53 bits per heavy atom. The number of hydrogen-bond acceptors (Lipinski definition) is 2. The van der Waals surface area contributed by atoms with Crippen LogP contribution >= 0.6 is 0 Å². The standard InChI is InChI=1S/C11H13NO3/c1-6(7-2-3-7)10(13)8-4-9(11(14)15)12-5-8/h4-7,12H,2-3H2,1H3,(H,14,15). The SMILES string of the molecule is CC(C(=O)c1c[nH]c(C(=O)O)c1)C1CC1. The summed E-state index contributed by atoms with van der Waals surface area (Å²) < 4.78 is 0. The summed E-state index contributed by atoms with van der Waals surface area (Å²) in [4.78, 5) is 25.0. The van der Waals surface area contributed by atoms with E-state index in [1.807, 2.05) is 6.92 Å². The second kappa shape index (κ2) is 3.53. The lowest BCUT2D eigenvalue weighted by atomic mass is 9.97. The molecule has 1 aromatic rings. The fourth-order valence-corrected chi connectivity index (χ4v) is 1.73. The molecule has 4 nitrogen and oxygen atoms in total. The van der Waals surface area contributed by atoms with Gasteiger partial charge in [-0.3, -0.25) is 4.79 Å². The summed E-state index contributed by atoms with van der Waals surface area (Å²) in [5.41, 5.74) is 0.549. The van der Waals surface area contributed by atoms with Gasteiger partial charge in [0.25, 0.3) is 0 Å². The van der Waals surface area contributed by atoms with Gasteiger partial charge in [0.1, 0.15) is 5.69 Å². The highest BCUT2D eigenvalue weighted by atomic mass is 16.4. The minimum Gasteiger partial charge on any atom is -0.477 e. The van der Waals surface area contributed by atoms with Gasteiger partial charge in [-0.2, -0.15) is 0 Å². The lowest BCUT2D eigenvalue weighted by Crippen LogP contribution is -2.12. The Balaban J connectivity index is 2.14. The van der Waals surface area contributed by atoms with Crippen molar-refractivity contribution in [3.05, 3.63) is 23.5 Å². The number of ketones is 1. The molecule has 1 atom stereocenters. The third-order valence-electron chi connectivity index (χ3n) is 2.94. The van der Waals surface area contributed by atoms with Crippen LogP contribution in [0.15, 0.2) is 12.3 Å². The highest BCUT2D eigenvalue weighted by Gasteiger charge is 2.33. The first kappa shape index (κ1) is 9.96. The lowest BCUT2D eigenvalue weighted by molar-refractivity contribution is 0.0691. The number of aromatic nitrogens is 1. The second-order valence-electron chi connectivity index (χ2n) is 4.10. The van der Waals surface area contributed by atoms with E-state index in [0.29, 0.717) is 11.5 Å². The summed E-state index contributed by atoms with van der Waals surface area (Å²) in [6.45, 7) is 1.91. The zero-order chi connectivity index (χ0) is 11.0. The molecule has 80 valence electrons. The molecule has 0 saturated heterocycles. The highest BCUT2D eigenvalue weighted by molar-refractivity contribution is 6.00. The number of carboxylic acid groups (broad SMARTS) is 1. The van der Waals surface area contributed by atoms with Gasteiger partial charge >= 0.3 is 5.97 Å². The minimum absolute atomic E-state index is 0.0162. The molecule has 0 bridgehead atoms. The van der Waals surface area contributed by atoms with Crippen LogP contribution in [0.4, 0.5) is 0 Å². The Kier molecular flexibility index (Phi) is 2.34. The van der Waals surface area contributed by atoms with Crippen molar-refractivity contribution in [3.63, 3.8) is 0 Å². The van der Waals surface area contributed by atoms with Crippen molar-refractivity contribution in [2.45, 2.75) is 19.8 Å². The second-order valence-corrected chi connectivity index (χ2v) is 4.10. The van der Waals surface area contributed by atoms with Gasteiger partial charge in [-0.05, 0) is 24.8 Å². The molecule has 15 heavy (non-hydrogen) atoms. The van der Waals surface area contributed by atoms with Crippen LogP contribution in [0, 0.1) is 11.8 Å². The van der Waals surface area contributed by atoms with Crippen LogP contribution in [-0.4, -0.2) is 21.8 Å². The topological polar surface area (TPSA) is 70.2 Å². The summed E-state index contributed by atoms with van der Waals surface area (Å²) in [6.07, 6.45) is 3.71. The van der Waals surface area contributed by atoms with Crippen LogP contribution in [0.25, 0.3) is 0 Å². The molecule has 4 heteroatoms. The number of carboxylic acids is 1. The van der Waals surface area contributed by atoms with Gasteiger partial charge in [0.2, 0.25) is 0 Å². The number of aromatic carboxylic acids is 1. The van der Waals surface area contributed by atoms with E-state index in [1.165, 1.54) is 12.3 Å². The smallest absolute Gasteiger partial charge is 0.352 e. The van der Waals surface area contributed by atoms with Crippen LogP contribution in [0.2, 0.25) is 0 Å². The molecule has 1 fully saturated rings. The molecule has 0 aromatic carbocycles. The summed E-state index contributed by atoms with van der Waals surface area (Å²) in [7, 11) is 0. The molecule has 0 amide bonds. The molecule has 1 saturated carbocycles. The Morgan fingerprint density at radius 3 is 2.67 bits per heavy atom. The largest absolute Gasteiger partial charge is 0.477 e. The zero-order valence-electron chi connectivity index (χ0n) is 8.49. The Morgan fingerprint density at radius 2 is 2.20 bits per heavy atom. The molecule has 0 spiro atoms. The van der Waals surface area contributed by atoms with E-state index in [-0.39, 0.29) is 17.4 Å². The molecule has 2 rings (SSSR count). The normalized spacial score (nSPS) is 17.4. The third-order valence-corrected chi connectivity index (χ3v) is 2.94. The molecule has 2 N–H and O–H groups in total. The third kappa shape index (κ3) is 1.93. The van der Waals surface area contributed by atoms with E-state index in [4.69, 9.17) is 5.11 Å². The number of hydrogen-bond donors (Lipinski definition) is 2. The Hall–Kier alpha value is -1.58. The maximum absolute atomic E-state index is 11.8. The van der Waals surface area contributed by atoms with Crippen molar-refractivity contribution in [1.82, 2.24) is 4.98 Å². The van der Waals surface area contributed by atoms with Crippen molar-refractivity contribution in [1.29, 1.82) is 0 Å². The van der Waals surface area contributed by atoms with Crippen molar-refractivity contribution >= 4 is 11.8 Å². The van der Waals surface area contributed by atoms with Gasteiger partial charge in [-0.25, -0.2) is 4.79 Å². The maximum Gasteiger partial charge on any atom is 0.352 e. The number of carbonyl (C=O) groups is 2. The summed E-state index contributed by atoms with van der Waals surface area (Å²) in [5, 5.41) is 8.70. The minimum atomic E-state index is -1.03. The van der Waals surface area contributed by atoms with Crippen LogP contribution in [0.1, 0.15) is 40.6 Å². The van der Waals surface area contributed by atoms with E-state index in [0.717, 1.165) is 12.8 Å².